The van der Waals surface area contributed by atoms with E-state index in [4.69, 9.17) is 29.9 Å². The molecule has 0 aromatic rings. The third-order valence-electron chi connectivity index (χ3n) is 4.58. The van der Waals surface area contributed by atoms with Gasteiger partial charge in [-0.25, -0.2) is 4.67 Å². The van der Waals surface area contributed by atoms with Crippen LogP contribution in [-0.2, 0) is 32.8 Å². The standard InChI is InChI=1S/C20H36BN2O7P/c1-13(2)23(14(3)4)31(28-11-7-10-22)30-18-16(6)29-20(21)19(18)27-12-26-17(25)9-8-15(5)24/h13-14,16,18-20H,7-9,11-12,21H2,1-6H3/i6D. The van der Waals surface area contributed by atoms with Crippen LogP contribution in [0.1, 0.15) is 62.2 Å². The van der Waals surface area contributed by atoms with E-state index in [2.05, 4.69) is 10.7 Å². The molecule has 0 amide bonds. The minimum atomic E-state index is -1.55. The zero-order valence-corrected chi connectivity index (χ0v) is 20.3. The van der Waals surface area contributed by atoms with Crippen LogP contribution in [0.15, 0.2) is 0 Å². The Bertz CT molecular complexity index is 630. The van der Waals surface area contributed by atoms with Gasteiger partial charge in [0.15, 0.2) is 6.79 Å². The first-order valence-corrected chi connectivity index (χ1v) is 11.7. The molecule has 1 fully saturated rings. The van der Waals surface area contributed by atoms with Crippen LogP contribution in [0.2, 0.25) is 0 Å². The fraction of sp³-hybridized carbons (Fsp3) is 0.850. The number of hydrogen-bond donors (Lipinski definition) is 0. The topological polar surface area (TPSA) is 107 Å². The highest BCUT2D eigenvalue weighted by Gasteiger charge is 2.45. The molecular weight excluding hydrogens is 422 g/mol. The lowest BCUT2D eigenvalue weighted by atomic mass is 9.93. The molecular formula is C20H36BN2O7P. The maximum atomic E-state index is 11.8. The fourth-order valence-corrected chi connectivity index (χ4v) is 4.96. The van der Waals surface area contributed by atoms with Crippen molar-refractivity contribution in [2.24, 2.45) is 0 Å². The summed E-state index contributed by atoms with van der Waals surface area (Å²) in [5.74, 6) is -0.605. The Morgan fingerprint density at radius 2 is 1.94 bits per heavy atom. The predicted molar refractivity (Wildman–Crippen MR) is 119 cm³/mol. The van der Waals surface area contributed by atoms with Crippen molar-refractivity contribution in [1.29, 1.82) is 5.26 Å². The zero-order chi connectivity index (χ0) is 24.3. The van der Waals surface area contributed by atoms with Gasteiger partial charge in [0.2, 0.25) is 0 Å². The highest BCUT2D eigenvalue weighted by atomic mass is 31.2. The van der Waals surface area contributed by atoms with Crippen LogP contribution in [0.25, 0.3) is 0 Å². The summed E-state index contributed by atoms with van der Waals surface area (Å²) in [6, 6.07) is 1.94. The summed E-state index contributed by atoms with van der Waals surface area (Å²) in [6.07, 6.45) is -1.35. The summed E-state index contributed by atoms with van der Waals surface area (Å²) < 4.78 is 39.0. The molecule has 0 N–H and O–H groups in total. The maximum absolute atomic E-state index is 11.8. The number of rotatable bonds is 14. The van der Waals surface area contributed by atoms with Crippen LogP contribution >= 0.6 is 8.53 Å². The summed E-state index contributed by atoms with van der Waals surface area (Å²) in [5.41, 5.74) is 0. The molecule has 1 aliphatic rings. The molecule has 1 rings (SSSR count). The number of nitrogens with zero attached hydrogens (tertiary/aromatic N) is 2. The fourth-order valence-electron chi connectivity index (χ4n) is 3.19. The Kier molecular flexibility index (Phi) is 11.9. The largest absolute Gasteiger partial charge is 0.438 e. The number of carbonyl (C=O) groups excluding carboxylic acids is 2. The van der Waals surface area contributed by atoms with Crippen molar-refractivity contribution in [2.45, 2.75) is 97.2 Å². The van der Waals surface area contributed by atoms with Crippen molar-refractivity contribution < 1.29 is 34.2 Å². The lowest BCUT2D eigenvalue weighted by molar-refractivity contribution is -0.165. The highest BCUT2D eigenvalue weighted by molar-refractivity contribution is 7.44. The van der Waals surface area contributed by atoms with Crippen molar-refractivity contribution in [2.75, 3.05) is 13.4 Å². The Morgan fingerprint density at radius 1 is 1.26 bits per heavy atom. The molecule has 11 heteroatoms. The maximum Gasteiger partial charge on any atom is 0.308 e. The Hall–Kier alpha value is -1.08. The average molecular weight is 459 g/mol. The molecule has 9 nitrogen and oxygen atoms in total. The number of Topliss-reactive ketones (excluding diaryl/α,β-unsaturated/α-hetero) is 1. The number of nitriles is 1. The van der Waals surface area contributed by atoms with Crippen LogP contribution in [-0.4, -0.2) is 74.1 Å². The van der Waals surface area contributed by atoms with Gasteiger partial charge in [0.25, 0.3) is 8.53 Å². The van der Waals surface area contributed by atoms with E-state index in [-0.39, 0.29) is 63.4 Å². The highest BCUT2D eigenvalue weighted by Crippen LogP contribution is 2.49. The molecule has 0 radical (unpaired) electrons. The van der Waals surface area contributed by atoms with Gasteiger partial charge < -0.3 is 28.1 Å². The molecule has 0 spiro atoms. The third kappa shape index (κ3) is 9.52. The van der Waals surface area contributed by atoms with E-state index in [1.807, 2.05) is 35.5 Å². The molecule has 0 bridgehead atoms. The summed E-state index contributed by atoms with van der Waals surface area (Å²) in [5, 5.41) is 8.89. The molecule has 0 aromatic heterocycles. The summed E-state index contributed by atoms with van der Waals surface area (Å²) in [7, 11) is 0.265. The Labute approximate surface area is 189 Å². The summed E-state index contributed by atoms with van der Waals surface area (Å²) in [4.78, 5) is 22.8. The monoisotopic (exact) mass is 459 g/mol. The third-order valence-corrected chi connectivity index (χ3v) is 6.71. The molecule has 1 saturated heterocycles. The van der Waals surface area contributed by atoms with Gasteiger partial charge in [-0.2, -0.15) is 5.26 Å². The SMILES string of the molecule is [2H]CC1OC(B)C(OCOC(=O)CCC(C)=O)C1OP(OCCC#N)N(C(C)C)C(C)C. The average Bonchev–Trinajstić information content (AvgIpc) is 3.00. The van der Waals surface area contributed by atoms with E-state index in [1.54, 1.807) is 0 Å². The second-order valence-electron chi connectivity index (χ2n) is 7.96. The van der Waals surface area contributed by atoms with E-state index in [0.29, 0.717) is 0 Å². The van der Waals surface area contributed by atoms with Crippen LogP contribution in [0, 0.1) is 11.3 Å². The molecule has 176 valence electrons. The van der Waals surface area contributed by atoms with Gasteiger partial charge >= 0.3 is 5.97 Å². The van der Waals surface area contributed by atoms with E-state index >= 15 is 0 Å². The normalized spacial score (nSPS) is 24.9. The Balaban J connectivity index is 2.88. The molecule has 5 unspecified atom stereocenters. The van der Waals surface area contributed by atoms with Gasteiger partial charge in [-0.3, -0.25) is 4.79 Å². The molecule has 31 heavy (non-hydrogen) atoms. The number of ether oxygens (including phenoxy) is 3. The van der Waals surface area contributed by atoms with E-state index < -0.39 is 32.8 Å². The number of hydrogen-bond acceptors (Lipinski definition) is 9. The zero-order valence-electron chi connectivity index (χ0n) is 20.4. The quantitative estimate of drug-likeness (QED) is 0.127. The first-order chi connectivity index (χ1) is 15.1. The minimum absolute atomic E-state index is 0.000453. The van der Waals surface area contributed by atoms with Gasteiger partial charge in [-0.15, -0.1) is 0 Å². The second kappa shape index (κ2) is 14.2. The van der Waals surface area contributed by atoms with Crippen molar-refractivity contribution in [3.05, 3.63) is 0 Å². The molecule has 0 aromatic carbocycles. The summed E-state index contributed by atoms with van der Waals surface area (Å²) >= 11 is 0. The van der Waals surface area contributed by atoms with Crippen molar-refractivity contribution in [3.8, 4) is 6.07 Å². The van der Waals surface area contributed by atoms with Gasteiger partial charge in [-0.1, -0.05) is 0 Å². The number of ketones is 1. The van der Waals surface area contributed by atoms with Crippen molar-refractivity contribution in [1.82, 2.24) is 4.67 Å². The lowest BCUT2D eigenvalue weighted by Gasteiger charge is -2.38. The first-order valence-electron chi connectivity index (χ1n) is 11.3. The van der Waals surface area contributed by atoms with Gasteiger partial charge in [-0.05, 0) is 41.5 Å². The molecule has 1 aliphatic heterocycles. The van der Waals surface area contributed by atoms with Gasteiger partial charge in [0.1, 0.15) is 25.8 Å². The predicted octanol–water partition coefficient (Wildman–Crippen LogP) is 2.28. The molecule has 0 saturated carbocycles. The van der Waals surface area contributed by atoms with Gasteiger partial charge in [0.05, 0.1) is 37.6 Å². The Morgan fingerprint density at radius 3 is 2.48 bits per heavy atom. The van der Waals surface area contributed by atoms with Crippen LogP contribution in [0.5, 0.6) is 0 Å². The molecule has 0 aliphatic carbocycles. The van der Waals surface area contributed by atoms with Crippen LogP contribution in [0.4, 0.5) is 0 Å². The van der Waals surface area contributed by atoms with Crippen molar-refractivity contribution >= 4 is 28.1 Å². The van der Waals surface area contributed by atoms with E-state index in [9.17, 15) is 9.59 Å². The summed E-state index contributed by atoms with van der Waals surface area (Å²) in [6.45, 7) is 9.47. The molecule has 5 atom stereocenters. The first kappa shape index (κ1) is 26.2. The van der Waals surface area contributed by atoms with E-state index in [1.165, 1.54) is 6.92 Å². The van der Waals surface area contributed by atoms with Gasteiger partial charge in [0, 0.05) is 19.9 Å². The van der Waals surface area contributed by atoms with Crippen molar-refractivity contribution in [3.63, 3.8) is 0 Å². The minimum Gasteiger partial charge on any atom is -0.438 e. The second-order valence-corrected chi connectivity index (χ2v) is 9.37. The van der Waals surface area contributed by atoms with Crippen LogP contribution in [0.3, 0.4) is 0 Å². The molecule has 1 heterocycles. The number of carbonyl (C=O) groups is 2. The lowest BCUT2D eigenvalue weighted by Crippen LogP contribution is -2.40. The van der Waals surface area contributed by atoms with E-state index in [0.717, 1.165) is 0 Å². The smallest absolute Gasteiger partial charge is 0.308 e. The number of esters is 1. The van der Waals surface area contributed by atoms with Crippen LogP contribution < -0.4 is 0 Å².